The van der Waals surface area contributed by atoms with Crippen LogP contribution in [0, 0.1) is 17.5 Å². The van der Waals surface area contributed by atoms with Crippen molar-refractivity contribution in [1.82, 2.24) is 5.32 Å². The minimum atomic E-state index is -1.57. The molecule has 0 aliphatic rings. The Labute approximate surface area is 115 Å². The van der Waals surface area contributed by atoms with E-state index >= 15 is 0 Å². The Bertz CT molecular complexity index is 454. The highest BCUT2D eigenvalue weighted by molar-refractivity contribution is 5.76. The van der Waals surface area contributed by atoms with Gasteiger partial charge in [-0.05, 0) is 31.0 Å². The lowest BCUT2D eigenvalue weighted by molar-refractivity contribution is -0.122. The number of hydrogen-bond donors (Lipinski definition) is 2. The molecule has 0 aliphatic carbocycles. The quantitative estimate of drug-likeness (QED) is 0.791. The molecule has 0 unspecified atom stereocenters. The van der Waals surface area contributed by atoms with Crippen molar-refractivity contribution in [2.75, 3.05) is 0 Å². The summed E-state index contributed by atoms with van der Waals surface area (Å²) in [4.78, 5) is 11.6. The van der Waals surface area contributed by atoms with Gasteiger partial charge in [-0.2, -0.15) is 0 Å². The molecule has 0 saturated carbocycles. The Hall–Kier alpha value is -1.56. The maximum atomic E-state index is 13.2. The summed E-state index contributed by atoms with van der Waals surface area (Å²) in [5, 5.41) is 12.1. The lowest BCUT2D eigenvalue weighted by Crippen LogP contribution is -2.35. The van der Waals surface area contributed by atoms with Gasteiger partial charge in [0.15, 0.2) is 17.5 Å². The van der Waals surface area contributed by atoms with Crippen molar-refractivity contribution in [3.05, 3.63) is 35.1 Å². The minimum Gasteiger partial charge on any atom is -0.391 e. The number of benzene rings is 1. The fraction of sp³-hybridized carbons (Fsp3) is 0.500. The van der Waals surface area contributed by atoms with Crippen LogP contribution in [0.25, 0.3) is 0 Å². The predicted octanol–water partition coefficient (Wildman–Crippen LogP) is 2.83. The van der Waals surface area contributed by atoms with Crippen LogP contribution in [0.4, 0.5) is 13.2 Å². The summed E-state index contributed by atoms with van der Waals surface area (Å²) >= 11 is 0. The molecule has 0 spiro atoms. The summed E-state index contributed by atoms with van der Waals surface area (Å²) in [5.41, 5.74) is -0.0127. The van der Waals surface area contributed by atoms with Crippen LogP contribution >= 0.6 is 0 Å². The number of aliphatic hydroxyl groups excluding tert-OH is 1. The van der Waals surface area contributed by atoms with Gasteiger partial charge < -0.3 is 10.4 Å². The van der Waals surface area contributed by atoms with Crippen molar-refractivity contribution in [1.29, 1.82) is 0 Å². The van der Waals surface area contributed by atoms with Gasteiger partial charge in [-0.25, -0.2) is 13.2 Å². The molecular formula is C14H18F3NO2. The molecule has 112 valence electrons. The number of halogens is 3. The molecule has 2 atom stereocenters. The number of aliphatic hydroxyl groups is 1. The maximum absolute atomic E-state index is 13.2. The number of nitrogens with one attached hydrogen (secondary N) is 1. The molecule has 6 heteroatoms. The van der Waals surface area contributed by atoms with E-state index in [0.717, 1.165) is 18.6 Å². The Morgan fingerprint density at radius 1 is 1.30 bits per heavy atom. The van der Waals surface area contributed by atoms with E-state index in [2.05, 4.69) is 5.32 Å². The number of carbonyl (C=O) groups excluding carboxylic acids is 1. The van der Waals surface area contributed by atoms with Gasteiger partial charge in [-0.15, -0.1) is 0 Å². The van der Waals surface area contributed by atoms with Gasteiger partial charge in [0.1, 0.15) is 0 Å². The number of amides is 1. The molecule has 0 saturated heterocycles. The summed E-state index contributed by atoms with van der Waals surface area (Å²) < 4.78 is 39.3. The molecule has 0 aromatic heterocycles. The topological polar surface area (TPSA) is 49.3 Å². The van der Waals surface area contributed by atoms with Crippen LogP contribution in [0.2, 0.25) is 0 Å². The third kappa shape index (κ3) is 4.23. The highest BCUT2D eigenvalue weighted by atomic mass is 19.2. The van der Waals surface area contributed by atoms with Crippen LogP contribution in [0.15, 0.2) is 12.1 Å². The smallest absolute Gasteiger partial charge is 0.220 e. The van der Waals surface area contributed by atoms with Crippen molar-refractivity contribution in [2.45, 2.75) is 45.3 Å². The number of carbonyl (C=O) groups is 1. The summed E-state index contributed by atoms with van der Waals surface area (Å²) in [6.07, 6.45) is 0.688. The van der Waals surface area contributed by atoms with E-state index in [0.29, 0.717) is 6.42 Å². The predicted molar refractivity (Wildman–Crippen MR) is 68.4 cm³/mol. The summed E-state index contributed by atoms with van der Waals surface area (Å²) in [6, 6.07) is 0.565. The molecule has 1 rings (SSSR count). The van der Waals surface area contributed by atoms with Crippen molar-refractivity contribution in [3.8, 4) is 0 Å². The zero-order valence-corrected chi connectivity index (χ0v) is 11.4. The van der Waals surface area contributed by atoms with Crippen LogP contribution in [0.5, 0.6) is 0 Å². The van der Waals surface area contributed by atoms with Crippen LogP contribution < -0.4 is 5.32 Å². The SMILES string of the molecule is CCCCC(=O)N[C@H](c1cc(F)c(F)c(F)c1)[C@@H](C)O. The molecule has 0 fully saturated rings. The van der Waals surface area contributed by atoms with Gasteiger partial charge in [0, 0.05) is 6.42 Å². The maximum Gasteiger partial charge on any atom is 0.220 e. The van der Waals surface area contributed by atoms with E-state index in [-0.39, 0.29) is 17.9 Å². The number of hydrogen-bond acceptors (Lipinski definition) is 2. The lowest BCUT2D eigenvalue weighted by Gasteiger charge is -2.22. The molecule has 0 radical (unpaired) electrons. The van der Waals surface area contributed by atoms with Crippen LogP contribution in [-0.4, -0.2) is 17.1 Å². The second kappa shape index (κ2) is 7.28. The first-order chi connectivity index (χ1) is 9.36. The Balaban J connectivity index is 2.94. The fourth-order valence-corrected chi connectivity index (χ4v) is 1.82. The van der Waals surface area contributed by atoms with E-state index in [4.69, 9.17) is 0 Å². The average Bonchev–Trinajstić information content (AvgIpc) is 2.38. The second-order valence-corrected chi connectivity index (χ2v) is 4.69. The Morgan fingerprint density at radius 3 is 2.30 bits per heavy atom. The highest BCUT2D eigenvalue weighted by Crippen LogP contribution is 2.22. The van der Waals surface area contributed by atoms with Crippen LogP contribution in [0.1, 0.15) is 44.7 Å². The van der Waals surface area contributed by atoms with E-state index in [9.17, 15) is 23.1 Å². The first-order valence-corrected chi connectivity index (χ1v) is 6.48. The molecule has 2 N–H and O–H groups in total. The zero-order chi connectivity index (χ0) is 15.3. The molecule has 1 aromatic rings. The van der Waals surface area contributed by atoms with Crippen molar-refractivity contribution < 1.29 is 23.1 Å². The molecule has 0 aliphatic heterocycles. The van der Waals surface area contributed by atoms with Crippen molar-refractivity contribution >= 4 is 5.91 Å². The third-order valence-corrected chi connectivity index (χ3v) is 2.92. The lowest BCUT2D eigenvalue weighted by atomic mass is 10.0. The van der Waals surface area contributed by atoms with Gasteiger partial charge >= 0.3 is 0 Å². The summed E-state index contributed by atoms with van der Waals surface area (Å²) in [7, 11) is 0. The van der Waals surface area contributed by atoms with Gasteiger partial charge in [0.25, 0.3) is 0 Å². The largest absolute Gasteiger partial charge is 0.391 e. The summed E-state index contributed by atoms with van der Waals surface area (Å²) in [5.74, 6) is -4.61. The van der Waals surface area contributed by atoms with E-state index in [1.807, 2.05) is 6.92 Å². The number of rotatable bonds is 6. The van der Waals surface area contributed by atoms with Crippen LogP contribution in [0.3, 0.4) is 0 Å². The van der Waals surface area contributed by atoms with Crippen LogP contribution in [-0.2, 0) is 4.79 Å². The second-order valence-electron chi connectivity index (χ2n) is 4.69. The highest BCUT2D eigenvalue weighted by Gasteiger charge is 2.22. The molecule has 1 aromatic carbocycles. The molecule has 0 bridgehead atoms. The Kier molecular flexibility index (Phi) is 6.01. The van der Waals surface area contributed by atoms with Gasteiger partial charge in [-0.3, -0.25) is 4.79 Å². The number of unbranched alkanes of at least 4 members (excludes halogenated alkanes) is 1. The van der Waals surface area contributed by atoms with E-state index in [1.54, 1.807) is 0 Å². The first-order valence-electron chi connectivity index (χ1n) is 6.48. The van der Waals surface area contributed by atoms with Gasteiger partial charge in [0.05, 0.1) is 12.1 Å². The first kappa shape index (κ1) is 16.5. The van der Waals surface area contributed by atoms with Gasteiger partial charge in [0.2, 0.25) is 5.91 Å². The van der Waals surface area contributed by atoms with Crippen molar-refractivity contribution in [2.24, 2.45) is 0 Å². The van der Waals surface area contributed by atoms with Crippen molar-refractivity contribution in [3.63, 3.8) is 0 Å². The van der Waals surface area contributed by atoms with E-state index in [1.165, 1.54) is 6.92 Å². The minimum absolute atomic E-state index is 0.0127. The monoisotopic (exact) mass is 289 g/mol. The Morgan fingerprint density at radius 2 is 1.85 bits per heavy atom. The molecular weight excluding hydrogens is 271 g/mol. The standard InChI is InChI=1S/C14H18F3NO2/c1-3-4-5-12(20)18-14(8(2)19)9-6-10(15)13(17)11(16)7-9/h6-8,14,19H,3-5H2,1-2H3,(H,18,20)/t8-,14+/m1/s1. The molecule has 0 heterocycles. The van der Waals surface area contributed by atoms with Gasteiger partial charge in [-0.1, -0.05) is 13.3 Å². The van der Waals surface area contributed by atoms with E-state index < -0.39 is 29.6 Å². The molecule has 3 nitrogen and oxygen atoms in total. The normalized spacial score (nSPS) is 13.9. The average molecular weight is 289 g/mol. The summed E-state index contributed by atoms with van der Waals surface area (Å²) in [6.45, 7) is 3.30. The molecule has 20 heavy (non-hydrogen) atoms. The molecule has 1 amide bonds. The zero-order valence-electron chi connectivity index (χ0n) is 11.4. The fourth-order valence-electron chi connectivity index (χ4n) is 1.82. The third-order valence-electron chi connectivity index (χ3n) is 2.92.